The highest BCUT2D eigenvalue weighted by atomic mass is 35.5. The summed E-state index contributed by atoms with van der Waals surface area (Å²) in [6, 6.07) is 9.51. The Morgan fingerprint density at radius 1 is 1.35 bits per heavy atom. The normalized spacial score (nSPS) is 11.6. The van der Waals surface area contributed by atoms with E-state index >= 15 is 0 Å². The van der Waals surface area contributed by atoms with E-state index < -0.39 is 0 Å². The standard InChI is InChI=1S/C14H16ClNO/c1-3-4-9-17-13-7-5-12(6-8-13)14(15)11(2)10-16/h5-8H,3-4,9H2,1-2H3. The zero-order valence-electron chi connectivity index (χ0n) is 10.2. The van der Waals surface area contributed by atoms with Gasteiger partial charge in [0.2, 0.25) is 0 Å². The number of hydrogen-bond donors (Lipinski definition) is 0. The number of allylic oxidation sites excluding steroid dienone is 1. The maximum absolute atomic E-state index is 8.75. The highest BCUT2D eigenvalue weighted by molar-refractivity contribution is 6.49. The quantitative estimate of drug-likeness (QED) is 0.574. The first kappa shape index (κ1) is 13.6. The summed E-state index contributed by atoms with van der Waals surface area (Å²) in [4.78, 5) is 0. The van der Waals surface area contributed by atoms with Crippen molar-refractivity contribution >= 4 is 16.6 Å². The second kappa shape index (κ2) is 6.98. The first-order chi connectivity index (χ1) is 8.19. The van der Waals surface area contributed by atoms with E-state index in [0.29, 0.717) is 10.6 Å². The number of unbranched alkanes of at least 4 members (excludes halogenated alkanes) is 1. The van der Waals surface area contributed by atoms with E-state index in [9.17, 15) is 0 Å². The fraction of sp³-hybridized carbons (Fsp3) is 0.357. The second-order valence-corrected chi connectivity index (χ2v) is 4.16. The lowest BCUT2D eigenvalue weighted by atomic mass is 10.1. The van der Waals surface area contributed by atoms with E-state index in [2.05, 4.69) is 6.92 Å². The van der Waals surface area contributed by atoms with Crippen LogP contribution in [0.4, 0.5) is 0 Å². The molecule has 0 bridgehead atoms. The molecule has 1 rings (SSSR count). The number of rotatable bonds is 5. The fourth-order valence-corrected chi connectivity index (χ4v) is 1.47. The highest BCUT2D eigenvalue weighted by Gasteiger charge is 2.03. The molecule has 0 N–H and O–H groups in total. The van der Waals surface area contributed by atoms with E-state index in [1.54, 1.807) is 6.92 Å². The predicted molar refractivity (Wildman–Crippen MR) is 70.9 cm³/mol. The van der Waals surface area contributed by atoms with Crippen molar-refractivity contribution in [3.8, 4) is 11.8 Å². The largest absolute Gasteiger partial charge is 0.494 e. The van der Waals surface area contributed by atoms with E-state index in [1.807, 2.05) is 30.3 Å². The maximum atomic E-state index is 8.75. The van der Waals surface area contributed by atoms with Gasteiger partial charge in [-0.15, -0.1) is 0 Å². The average molecular weight is 250 g/mol. The molecule has 3 heteroatoms. The molecular weight excluding hydrogens is 234 g/mol. The third-order valence-corrected chi connectivity index (χ3v) is 2.87. The lowest BCUT2D eigenvalue weighted by Crippen LogP contribution is -1.96. The van der Waals surface area contributed by atoms with E-state index in [-0.39, 0.29) is 0 Å². The summed E-state index contributed by atoms with van der Waals surface area (Å²) in [5.41, 5.74) is 1.36. The van der Waals surface area contributed by atoms with Crippen LogP contribution >= 0.6 is 11.6 Å². The zero-order valence-corrected chi connectivity index (χ0v) is 10.9. The minimum Gasteiger partial charge on any atom is -0.494 e. The van der Waals surface area contributed by atoms with Crippen LogP contribution in [0.15, 0.2) is 29.8 Å². The Morgan fingerprint density at radius 3 is 2.53 bits per heavy atom. The van der Waals surface area contributed by atoms with Gasteiger partial charge in [-0.1, -0.05) is 24.9 Å². The van der Waals surface area contributed by atoms with E-state index in [1.165, 1.54) is 0 Å². The third-order valence-electron chi connectivity index (χ3n) is 2.37. The summed E-state index contributed by atoms with van der Waals surface area (Å²) in [5.74, 6) is 0.835. The number of nitrogens with zero attached hydrogens (tertiary/aromatic N) is 1. The number of benzene rings is 1. The van der Waals surface area contributed by atoms with Crippen LogP contribution in [0.1, 0.15) is 32.3 Å². The van der Waals surface area contributed by atoms with Crippen molar-refractivity contribution in [2.75, 3.05) is 6.61 Å². The molecule has 0 radical (unpaired) electrons. The Labute approximate surface area is 107 Å². The lowest BCUT2D eigenvalue weighted by Gasteiger charge is -2.06. The van der Waals surface area contributed by atoms with Crippen LogP contribution in [0.5, 0.6) is 5.75 Å². The molecule has 0 spiro atoms. The topological polar surface area (TPSA) is 33.0 Å². The SMILES string of the molecule is CCCCOc1ccc(C(Cl)=C(C)C#N)cc1. The molecule has 0 amide bonds. The number of nitriles is 1. The van der Waals surface area contributed by atoms with Crippen molar-refractivity contribution in [2.24, 2.45) is 0 Å². The van der Waals surface area contributed by atoms with Gasteiger partial charge >= 0.3 is 0 Å². The van der Waals surface area contributed by atoms with Crippen LogP contribution < -0.4 is 4.74 Å². The summed E-state index contributed by atoms with van der Waals surface area (Å²) in [7, 11) is 0. The van der Waals surface area contributed by atoms with Gasteiger partial charge in [0.1, 0.15) is 5.75 Å². The van der Waals surface area contributed by atoms with Crippen LogP contribution in [0.25, 0.3) is 5.03 Å². The fourth-order valence-electron chi connectivity index (χ4n) is 1.30. The molecule has 0 aliphatic carbocycles. The number of ether oxygens (including phenoxy) is 1. The van der Waals surface area contributed by atoms with Gasteiger partial charge in [0.15, 0.2) is 0 Å². The van der Waals surface area contributed by atoms with Gasteiger partial charge in [-0.3, -0.25) is 0 Å². The van der Waals surface area contributed by atoms with Crippen molar-refractivity contribution in [1.82, 2.24) is 0 Å². The minimum absolute atomic E-state index is 0.493. The summed E-state index contributed by atoms with van der Waals surface area (Å²) in [5, 5.41) is 9.24. The van der Waals surface area contributed by atoms with Gasteiger partial charge in [0.05, 0.1) is 17.7 Å². The highest BCUT2D eigenvalue weighted by Crippen LogP contribution is 2.24. The molecule has 0 atom stereocenters. The lowest BCUT2D eigenvalue weighted by molar-refractivity contribution is 0.309. The van der Waals surface area contributed by atoms with Gasteiger partial charge in [-0.05, 0) is 43.2 Å². The Morgan fingerprint density at radius 2 is 2.00 bits per heavy atom. The molecule has 1 aromatic rings. The van der Waals surface area contributed by atoms with Gasteiger partial charge in [-0.25, -0.2) is 0 Å². The molecule has 0 aliphatic rings. The first-order valence-electron chi connectivity index (χ1n) is 5.68. The van der Waals surface area contributed by atoms with Crippen LogP contribution in [-0.2, 0) is 0 Å². The van der Waals surface area contributed by atoms with E-state index in [4.69, 9.17) is 21.6 Å². The smallest absolute Gasteiger partial charge is 0.119 e. The molecule has 0 aromatic heterocycles. The Hall–Kier alpha value is -1.46. The molecule has 2 nitrogen and oxygen atoms in total. The molecule has 0 fully saturated rings. The van der Waals surface area contributed by atoms with Crippen molar-refractivity contribution in [3.63, 3.8) is 0 Å². The zero-order chi connectivity index (χ0) is 12.7. The van der Waals surface area contributed by atoms with Crippen molar-refractivity contribution in [3.05, 3.63) is 35.4 Å². The molecule has 90 valence electrons. The molecule has 0 unspecified atom stereocenters. The van der Waals surface area contributed by atoms with Crippen LogP contribution in [-0.4, -0.2) is 6.61 Å². The molecule has 0 saturated heterocycles. The molecule has 0 saturated carbocycles. The second-order valence-electron chi connectivity index (χ2n) is 3.78. The Bertz CT molecular complexity index is 429. The average Bonchev–Trinajstić information content (AvgIpc) is 2.38. The van der Waals surface area contributed by atoms with Gasteiger partial charge < -0.3 is 4.74 Å². The van der Waals surface area contributed by atoms with Gasteiger partial charge in [-0.2, -0.15) is 5.26 Å². The van der Waals surface area contributed by atoms with Crippen molar-refractivity contribution in [2.45, 2.75) is 26.7 Å². The molecule has 1 aromatic carbocycles. The van der Waals surface area contributed by atoms with Crippen molar-refractivity contribution < 1.29 is 4.74 Å². The molecular formula is C14H16ClNO. The summed E-state index contributed by atoms with van der Waals surface area (Å²) < 4.78 is 5.54. The Kier molecular flexibility index (Phi) is 5.59. The Balaban J connectivity index is 2.72. The van der Waals surface area contributed by atoms with Gasteiger partial charge in [0, 0.05) is 5.57 Å². The van der Waals surface area contributed by atoms with Crippen LogP contribution in [0, 0.1) is 11.3 Å². The van der Waals surface area contributed by atoms with Crippen LogP contribution in [0.3, 0.4) is 0 Å². The van der Waals surface area contributed by atoms with Gasteiger partial charge in [0.25, 0.3) is 0 Å². The summed E-state index contributed by atoms with van der Waals surface area (Å²) in [6.45, 7) is 4.56. The van der Waals surface area contributed by atoms with Crippen molar-refractivity contribution in [1.29, 1.82) is 5.26 Å². The maximum Gasteiger partial charge on any atom is 0.119 e. The third kappa shape index (κ3) is 4.13. The monoisotopic (exact) mass is 249 g/mol. The molecule has 17 heavy (non-hydrogen) atoms. The van der Waals surface area contributed by atoms with Crippen LogP contribution in [0.2, 0.25) is 0 Å². The first-order valence-corrected chi connectivity index (χ1v) is 6.06. The molecule has 0 aliphatic heterocycles. The number of halogens is 1. The summed E-state index contributed by atoms with van der Waals surface area (Å²) >= 11 is 6.05. The molecule has 0 heterocycles. The summed E-state index contributed by atoms with van der Waals surface area (Å²) in [6.07, 6.45) is 2.17. The predicted octanol–water partition coefficient (Wildman–Crippen LogP) is 4.36. The number of hydrogen-bond acceptors (Lipinski definition) is 2. The minimum atomic E-state index is 0.493. The van der Waals surface area contributed by atoms with E-state index in [0.717, 1.165) is 30.8 Å².